The zero-order valence-electron chi connectivity index (χ0n) is 23.0. The van der Waals surface area contributed by atoms with Crippen LogP contribution in [0.1, 0.15) is 23.1 Å². The van der Waals surface area contributed by atoms with E-state index in [4.69, 9.17) is 16.0 Å². The van der Waals surface area contributed by atoms with Crippen molar-refractivity contribution in [3.63, 3.8) is 0 Å². The number of oxazole rings is 1. The zero-order valence-corrected chi connectivity index (χ0v) is 23.7. The fourth-order valence-electron chi connectivity index (χ4n) is 5.68. The van der Waals surface area contributed by atoms with Gasteiger partial charge < -0.3 is 30.0 Å². The lowest BCUT2D eigenvalue weighted by Gasteiger charge is -2.26. The summed E-state index contributed by atoms with van der Waals surface area (Å²) in [6.45, 7) is 3.50. The first-order valence-electron chi connectivity index (χ1n) is 13.3. The van der Waals surface area contributed by atoms with Gasteiger partial charge in [-0.15, -0.1) is 0 Å². The van der Waals surface area contributed by atoms with Crippen molar-refractivity contribution in [2.24, 2.45) is 0 Å². The minimum absolute atomic E-state index is 0.153. The van der Waals surface area contributed by atoms with E-state index in [0.717, 1.165) is 47.6 Å². The molecule has 3 heterocycles. The topological polar surface area (TPSA) is 118 Å². The molecular formula is C31H29ClN6O3. The van der Waals surface area contributed by atoms with Gasteiger partial charge in [0, 0.05) is 49.1 Å². The number of anilines is 1. The summed E-state index contributed by atoms with van der Waals surface area (Å²) in [6.07, 6.45) is 0.326. The Bertz CT molecular complexity index is 1770. The van der Waals surface area contributed by atoms with E-state index in [1.165, 1.54) is 0 Å². The first kappa shape index (κ1) is 26.8. The van der Waals surface area contributed by atoms with E-state index in [1.807, 2.05) is 49.2 Å². The van der Waals surface area contributed by atoms with Gasteiger partial charge >= 0.3 is 0 Å². The Labute approximate surface area is 242 Å². The third-order valence-electron chi connectivity index (χ3n) is 7.85. The number of carbonyl (C=O) groups is 1. The number of hydrogen-bond acceptors (Lipinski definition) is 8. The number of aliphatic hydroxyl groups excluding tert-OH is 1. The Kier molecular flexibility index (Phi) is 6.91. The van der Waals surface area contributed by atoms with E-state index in [2.05, 4.69) is 33.6 Å². The molecule has 0 radical (unpaired) electrons. The zero-order chi connectivity index (χ0) is 28.8. The number of aromatic nitrogens is 1. The molecule has 9 nitrogen and oxygen atoms in total. The molecule has 0 fully saturated rings. The van der Waals surface area contributed by atoms with Crippen molar-refractivity contribution >= 4 is 34.3 Å². The summed E-state index contributed by atoms with van der Waals surface area (Å²) in [5.74, 6) is 0.158. The van der Waals surface area contributed by atoms with Crippen LogP contribution in [0, 0.1) is 18.3 Å². The summed E-state index contributed by atoms with van der Waals surface area (Å²) >= 11 is 6.38. The Morgan fingerprint density at radius 2 is 1.98 bits per heavy atom. The number of nitrogens with one attached hydrogen (secondary N) is 2. The maximum absolute atomic E-state index is 13.4. The molecular weight excluding hydrogens is 540 g/mol. The predicted octanol–water partition coefficient (Wildman–Crippen LogP) is 4.83. The highest BCUT2D eigenvalue weighted by atomic mass is 35.5. The maximum atomic E-state index is 13.4. The second-order valence-electron chi connectivity index (χ2n) is 10.5. The smallest absolute Gasteiger partial charge is 0.267 e. The SMILES string of the molecule is Cc1c(-c2nc3cc(CO)cc(Cl)c3o2)cccc1-c1cccc(NC(=O)C2NC3=C(CCN(C)C3)N2C)c1C#N. The third kappa shape index (κ3) is 4.70. The van der Waals surface area contributed by atoms with Gasteiger partial charge in [0.05, 0.1) is 22.9 Å². The van der Waals surface area contributed by atoms with Gasteiger partial charge in [0.1, 0.15) is 11.6 Å². The fourth-order valence-corrected chi connectivity index (χ4v) is 5.96. The van der Waals surface area contributed by atoms with Crippen LogP contribution in [-0.4, -0.2) is 59.1 Å². The molecule has 0 spiro atoms. The summed E-state index contributed by atoms with van der Waals surface area (Å²) in [5, 5.41) is 26.5. The summed E-state index contributed by atoms with van der Waals surface area (Å²) in [7, 11) is 3.98. The molecule has 1 atom stereocenters. The molecule has 2 aliphatic rings. The van der Waals surface area contributed by atoms with Gasteiger partial charge in [-0.25, -0.2) is 4.98 Å². The number of amides is 1. The van der Waals surface area contributed by atoms with Gasteiger partial charge in [0.2, 0.25) is 5.89 Å². The van der Waals surface area contributed by atoms with Gasteiger partial charge in [-0.3, -0.25) is 4.79 Å². The molecule has 41 heavy (non-hydrogen) atoms. The molecule has 208 valence electrons. The molecule has 0 aliphatic carbocycles. The standard InChI is InChI=1S/C31H29ClN6O3/c1-17-19(6-4-7-20(17)31-36-25-13-18(16-39)12-23(32)28(25)41-31)21-8-5-9-24(22(21)14-33)35-30(40)29-34-26-15-37(2)11-10-27(26)38(29)3/h4-9,12-13,29,34,39H,10-11,15-16H2,1-3H3,(H,35,40). The second kappa shape index (κ2) is 10.6. The molecule has 2 aliphatic heterocycles. The van der Waals surface area contributed by atoms with E-state index in [0.29, 0.717) is 44.4 Å². The first-order chi connectivity index (χ1) is 19.8. The number of hydrogen-bond donors (Lipinski definition) is 3. The minimum Gasteiger partial charge on any atom is -0.434 e. The molecule has 3 N–H and O–H groups in total. The van der Waals surface area contributed by atoms with Crippen LogP contribution in [0.2, 0.25) is 5.02 Å². The number of fused-ring (bicyclic) bond motifs is 1. The second-order valence-corrected chi connectivity index (χ2v) is 10.9. The number of nitriles is 1. The van der Waals surface area contributed by atoms with E-state index in [-0.39, 0.29) is 12.5 Å². The van der Waals surface area contributed by atoms with Crippen molar-refractivity contribution in [2.75, 3.05) is 32.5 Å². The average molecular weight is 569 g/mol. The van der Waals surface area contributed by atoms with Crippen LogP contribution in [0.5, 0.6) is 0 Å². The fraction of sp³-hybridized carbons (Fsp3) is 0.258. The Balaban J connectivity index is 1.32. The number of rotatable bonds is 5. The Morgan fingerprint density at radius 3 is 2.76 bits per heavy atom. The van der Waals surface area contributed by atoms with Crippen molar-refractivity contribution in [3.8, 4) is 28.7 Å². The lowest BCUT2D eigenvalue weighted by molar-refractivity contribution is -0.120. The number of likely N-dealkylation sites (N-methyl/N-ethyl adjacent to an activating group) is 2. The first-order valence-corrected chi connectivity index (χ1v) is 13.7. The molecule has 1 unspecified atom stereocenters. The van der Waals surface area contributed by atoms with Gasteiger partial charge in [-0.05, 0) is 54.9 Å². The molecule has 0 bridgehead atoms. The van der Waals surface area contributed by atoms with Crippen LogP contribution in [0.4, 0.5) is 5.69 Å². The largest absolute Gasteiger partial charge is 0.434 e. The lowest BCUT2D eigenvalue weighted by Crippen LogP contribution is -2.45. The number of nitrogens with zero attached hydrogens (tertiary/aromatic N) is 4. The number of carbonyl (C=O) groups excluding carboxylic acids is 1. The van der Waals surface area contributed by atoms with Crippen molar-refractivity contribution in [2.45, 2.75) is 26.1 Å². The van der Waals surface area contributed by atoms with Crippen LogP contribution >= 0.6 is 11.6 Å². The number of benzene rings is 3. The number of aliphatic hydroxyl groups is 1. The van der Waals surface area contributed by atoms with Crippen LogP contribution in [0.25, 0.3) is 33.7 Å². The lowest BCUT2D eigenvalue weighted by atomic mass is 9.92. The van der Waals surface area contributed by atoms with Crippen LogP contribution < -0.4 is 10.6 Å². The van der Waals surface area contributed by atoms with E-state index in [9.17, 15) is 15.2 Å². The predicted molar refractivity (Wildman–Crippen MR) is 158 cm³/mol. The van der Waals surface area contributed by atoms with Gasteiger partial charge in [0.15, 0.2) is 11.7 Å². The van der Waals surface area contributed by atoms with Gasteiger partial charge in [0.25, 0.3) is 5.91 Å². The van der Waals surface area contributed by atoms with E-state index in [1.54, 1.807) is 18.2 Å². The summed E-state index contributed by atoms with van der Waals surface area (Å²) in [6, 6.07) is 16.9. The minimum atomic E-state index is -0.552. The summed E-state index contributed by atoms with van der Waals surface area (Å²) < 4.78 is 6.04. The van der Waals surface area contributed by atoms with Crippen molar-refractivity contribution in [1.29, 1.82) is 5.26 Å². The summed E-state index contributed by atoms with van der Waals surface area (Å²) in [4.78, 5) is 22.3. The highest BCUT2D eigenvalue weighted by Crippen LogP contribution is 2.37. The highest BCUT2D eigenvalue weighted by molar-refractivity contribution is 6.34. The molecule has 6 rings (SSSR count). The van der Waals surface area contributed by atoms with E-state index >= 15 is 0 Å². The van der Waals surface area contributed by atoms with Crippen LogP contribution in [0.15, 0.2) is 64.3 Å². The quantitative estimate of drug-likeness (QED) is 0.313. The average Bonchev–Trinajstić information content (AvgIpc) is 3.54. The molecule has 0 saturated heterocycles. The Hall–Kier alpha value is -4.36. The van der Waals surface area contributed by atoms with E-state index < -0.39 is 6.17 Å². The van der Waals surface area contributed by atoms with Crippen molar-refractivity contribution in [1.82, 2.24) is 20.1 Å². The van der Waals surface area contributed by atoms with Crippen molar-refractivity contribution < 1.29 is 14.3 Å². The molecule has 10 heteroatoms. The number of halogens is 1. The molecule has 0 saturated carbocycles. The van der Waals surface area contributed by atoms with Gasteiger partial charge in [-0.2, -0.15) is 5.26 Å². The Morgan fingerprint density at radius 1 is 1.22 bits per heavy atom. The maximum Gasteiger partial charge on any atom is 0.267 e. The summed E-state index contributed by atoms with van der Waals surface area (Å²) in [5.41, 5.74) is 7.78. The van der Waals surface area contributed by atoms with Gasteiger partial charge in [-0.1, -0.05) is 35.9 Å². The third-order valence-corrected chi connectivity index (χ3v) is 8.14. The van der Waals surface area contributed by atoms with Crippen molar-refractivity contribution in [3.05, 3.63) is 81.6 Å². The molecule has 1 aromatic heterocycles. The molecule has 1 amide bonds. The van der Waals surface area contributed by atoms with Crippen LogP contribution in [-0.2, 0) is 11.4 Å². The molecule has 4 aromatic rings. The normalized spacial score (nSPS) is 17.0. The monoisotopic (exact) mass is 568 g/mol. The highest BCUT2D eigenvalue weighted by Gasteiger charge is 2.35. The molecule has 3 aromatic carbocycles. The van der Waals surface area contributed by atoms with Crippen LogP contribution in [0.3, 0.4) is 0 Å².